The highest BCUT2D eigenvalue weighted by Crippen LogP contribution is 2.56. The number of ether oxygens (including phenoxy) is 11. The molecule has 88 heavy (non-hydrogen) atoms. The van der Waals surface area contributed by atoms with Gasteiger partial charge in [0, 0.05) is 56.9 Å². The fraction of sp³-hybridized carbons (Fsp3) is 0.736. The number of fused-ring (bicyclic) bond motifs is 10. The van der Waals surface area contributed by atoms with E-state index in [1.54, 1.807) is 0 Å². The van der Waals surface area contributed by atoms with Crippen LogP contribution in [0.2, 0.25) is 23.2 Å². The van der Waals surface area contributed by atoms with Gasteiger partial charge in [0.15, 0.2) is 8.32 Å². The van der Waals surface area contributed by atoms with Gasteiger partial charge in [-0.25, -0.2) is 4.79 Å². The largest absolute Gasteiger partial charge is 0.506 e. The lowest BCUT2D eigenvalue weighted by molar-refractivity contribution is -0.356. The van der Waals surface area contributed by atoms with Crippen molar-refractivity contribution in [2.45, 2.75) is 322 Å². The van der Waals surface area contributed by atoms with Gasteiger partial charge in [0.2, 0.25) is 0 Å². The quantitative estimate of drug-likeness (QED) is 0.141. The lowest BCUT2D eigenvalue weighted by Crippen LogP contribution is -2.71. The first kappa shape index (κ1) is 63.8. The Hall–Kier alpha value is -2.92. The van der Waals surface area contributed by atoms with Crippen LogP contribution in [-0.4, -0.2) is 161 Å². The Morgan fingerprint density at radius 2 is 1.31 bits per heavy atom. The molecule has 11 aliphatic rings. The molecule has 13 rings (SSSR count). The lowest BCUT2D eigenvalue weighted by Gasteiger charge is -2.61. The molecule has 23 atom stereocenters. The summed E-state index contributed by atoms with van der Waals surface area (Å²) in [4.78, 5) is 14.8. The fourth-order valence-electron chi connectivity index (χ4n) is 17.6. The van der Waals surface area contributed by atoms with E-state index < -0.39 is 50.6 Å². The predicted octanol–water partition coefficient (Wildman–Crippen LogP) is 11.9. The molecular formula is C72H104O14Si2. The third-order valence-electron chi connectivity index (χ3n) is 23.9. The number of benzene rings is 2. The zero-order valence-corrected chi connectivity index (χ0v) is 57.5. The highest BCUT2D eigenvalue weighted by molar-refractivity contribution is 7.00. The van der Waals surface area contributed by atoms with Crippen LogP contribution in [0.15, 0.2) is 96.6 Å². The molecule has 16 heteroatoms. The van der Waals surface area contributed by atoms with Crippen molar-refractivity contribution in [1.29, 1.82) is 0 Å². The maximum absolute atomic E-state index is 14.8. The van der Waals surface area contributed by atoms with Crippen molar-refractivity contribution in [3.63, 3.8) is 0 Å². The molecule has 0 N–H and O–H groups in total. The van der Waals surface area contributed by atoms with Crippen LogP contribution < -0.4 is 10.4 Å². The minimum atomic E-state index is -3.20. The topological polar surface area (TPSA) is 137 Å². The Morgan fingerprint density at radius 1 is 0.636 bits per heavy atom. The van der Waals surface area contributed by atoms with Crippen LogP contribution in [0.1, 0.15) is 167 Å². The number of carbonyl (C=O) groups excluding carboxylic acids is 1. The van der Waals surface area contributed by atoms with Crippen LogP contribution in [-0.2, 0) is 65.8 Å². The summed E-state index contributed by atoms with van der Waals surface area (Å²) in [5.74, 6) is -0.181. The van der Waals surface area contributed by atoms with E-state index in [-0.39, 0.29) is 120 Å². The van der Waals surface area contributed by atoms with Gasteiger partial charge in [0.25, 0.3) is 0 Å². The summed E-state index contributed by atoms with van der Waals surface area (Å²) in [7, 11) is -5.58. The second-order valence-corrected chi connectivity index (χ2v) is 41.3. The third kappa shape index (κ3) is 11.2. The van der Waals surface area contributed by atoms with E-state index in [1.807, 2.05) is 36.4 Å². The molecule has 0 bridgehead atoms. The van der Waals surface area contributed by atoms with Gasteiger partial charge < -0.3 is 61.0 Å². The molecular weight excluding hydrogens is 1140 g/mol. The summed E-state index contributed by atoms with van der Waals surface area (Å²) < 4.78 is 93.6. The molecule has 0 aromatic heterocycles. The van der Waals surface area contributed by atoms with Crippen LogP contribution in [0.4, 0.5) is 0 Å². The maximum Gasteiger partial charge on any atom is 0.324 e. The highest BCUT2D eigenvalue weighted by atomic mass is 28.4. The maximum atomic E-state index is 14.8. The summed E-state index contributed by atoms with van der Waals surface area (Å²) >= 11 is 0. The standard InChI is InChI=1S/C72H104O14Si2/c1-43-30-33-74-55-39-57-70(12,83-64(43)55)41-56-51(78-57)35-44(2)63-50(77-56)29-32-69(11)58(80-63)40-59-71(13,86-69)42-62-68(10,82-59)31-23-28-49-52(79-62)37-54-53(76-49)38-60-72(14,81-54)61(84-87(15,16)66(4,5)6)36-46(75-60)34-45(3)65(73)85-88(67(7,8)9,47-24-19-17-20-25-47)48-26-21-18-22-27-48/h17-28,30,44,46,49-64H,3,29,31-42H2,1-2,4-16H3/b28-23-/t44-,46-,49-,50+,51+,52+,53+,54-,55+,56-,57-,58+,59-,60-,61+,62-,63-,64-,68+,69-,70+,71+,72-/m1/s1. The molecule has 2 aromatic carbocycles. The second-order valence-electron chi connectivity index (χ2n) is 32.4. The molecule has 9 saturated heterocycles. The molecule has 9 fully saturated rings. The molecule has 11 heterocycles. The average Bonchev–Trinajstić information content (AvgIpc) is 1.03. The Labute approximate surface area is 527 Å². The van der Waals surface area contributed by atoms with Crippen LogP contribution in [0, 0.1) is 5.92 Å². The molecule has 484 valence electrons. The van der Waals surface area contributed by atoms with Gasteiger partial charge in [-0.05, 0) is 112 Å². The van der Waals surface area contributed by atoms with E-state index in [9.17, 15) is 4.79 Å². The van der Waals surface area contributed by atoms with Crippen molar-refractivity contribution in [1.82, 2.24) is 0 Å². The first-order chi connectivity index (χ1) is 41.4. The van der Waals surface area contributed by atoms with Gasteiger partial charge in [-0.1, -0.05) is 134 Å². The number of hydrogen-bond donors (Lipinski definition) is 0. The minimum Gasteiger partial charge on any atom is -0.506 e. The molecule has 0 unspecified atom stereocenters. The summed E-state index contributed by atoms with van der Waals surface area (Å²) in [6.45, 7) is 38.7. The SMILES string of the molecule is C=C(C[C@@H]1C[C@H](O[Si](C)(C)C(C)(C)C)[C@]2(C)O[C@@H]3C[C@@H]4O[C@@H]5C[C@]6(C)O[C@]7(C)CC[C@@H]8O[C@@H]9C[C@]%10(C)O[C@@H]%11C(C)=CCO[C@H]%11C[C@H]%10O[C@H]9C[C@@H](C)[C@H]8O[C@H]7C[C@H]6O[C@@]5(C)C/C=C\[C@H]4O[C@H]3C[C@H]2O1)C(=O)O[Si](c1ccccc1)(c1ccccc1)C(C)(C)C. The zero-order valence-electron chi connectivity index (χ0n) is 55.5. The Bertz CT molecular complexity index is 2920. The van der Waals surface area contributed by atoms with Crippen molar-refractivity contribution in [3.05, 3.63) is 96.6 Å². The summed E-state index contributed by atoms with van der Waals surface area (Å²) in [5, 5.41) is 1.61. The van der Waals surface area contributed by atoms with Crippen molar-refractivity contribution in [2.75, 3.05) is 6.61 Å². The summed E-state index contributed by atoms with van der Waals surface area (Å²) in [6.07, 6.45) is 11.5. The monoisotopic (exact) mass is 1250 g/mol. The van der Waals surface area contributed by atoms with Crippen LogP contribution >= 0.6 is 0 Å². The van der Waals surface area contributed by atoms with E-state index in [0.717, 1.165) is 48.9 Å². The van der Waals surface area contributed by atoms with E-state index in [4.69, 9.17) is 61.0 Å². The fourth-order valence-corrected chi connectivity index (χ4v) is 23.3. The molecule has 0 saturated carbocycles. The number of carbonyl (C=O) groups is 1. The van der Waals surface area contributed by atoms with Gasteiger partial charge in [-0.2, -0.15) is 0 Å². The molecule has 0 amide bonds. The van der Waals surface area contributed by atoms with Crippen molar-refractivity contribution < 1.29 is 65.8 Å². The van der Waals surface area contributed by atoms with E-state index in [1.165, 1.54) is 5.57 Å². The number of hydrogen-bond acceptors (Lipinski definition) is 14. The van der Waals surface area contributed by atoms with E-state index >= 15 is 0 Å². The predicted molar refractivity (Wildman–Crippen MR) is 342 cm³/mol. The lowest BCUT2D eigenvalue weighted by atomic mass is 9.72. The molecule has 2 aromatic rings. The summed E-state index contributed by atoms with van der Waals surface area (Å²) in [5.41, 5.74) is -1.48. The molecule has 0 aliphatic carbocycles. The highest BCUT2D eigenvalue weighted by Gasteiger charge is 2.65. The third-order valence-corrected chi connectivity index (χ3v) is 33.2. The molecule has 0 spiro atoms. The van der Waals surface area contributed by atoms with Crippen molar-refractivity contribution >= 4 is 33.0 Å². The van der Waals surface area contributed by atoms with E-state index in [2.05, 4.69) is 152 Å². The smallest absolute Gasteiger partial charge is 0.324 e. The van der Waals surface area contributed by atoms with Gasteiger partial charge >= 0.3 is 14.3 Å². The second kappa shape index (κ2) is 22.9. The van der Waals surface area contributed by atoms with Crippen molar-refractivity contribution in [2.24, 2.45) is 5.92 Å². The van der Waals surface area contributed by atoms with Gasteiger partial charge in [-0.3, -0.25) is 0 Å². The van der Waals surface area contributed by atoms with Gasteiger partial charge in [0.1, 0.15) is 17.8 Å². The summed E-state index contributed by atoms with van der Waals surface area (Å²) in [6, 6.07) is 20.5. The normalized spacial score (nSPS) is 45.4. The first-order valence-electron chi connectivity index (χ1n) is 33.7. The number of rotatable bonds is 8. The Kier molecular flexibility index (Phi) is 16.6. The molecule has 0 radical (unpaired) electrons. The Morgan fingerprint density at radius 3 is 2.00 bits per heavy atom. The molecule has 14 nitrogen and oxygen atoms in total. The minimum absolute atomic E-state index is 0.0156. The van der Waals surface area contributed by atoms with Crippen LogP contribution in [0.25, 0.3) is 0 Å². The molecule has 11 aliphatic heterocycles. The van der Waals surface area contributed by atoms with Crippen molar-refractivity contribution in [3.8, 4) is 0 Å². The van der Waals surface area contributed by atoms with Crippen LogP contribution in [0.3, 0.4) is 0 Å². The van der Waals surface area contributed by atoms with Gasteiger partial charge in [-0.15, -0.1) is 0 Å². The van der Waals surface area contributed by atoms with Gasteiger partial charge in [0.05, 0.1) is 121 Å². The average molecular weight is 1250 g/mol. The van der Waals surface area contributed by atoms with Crippen LogP contribution in [0.5, 0.6) is 0 Å². The first-order valence-corrected chi connectivity index (χ1v) is 38.5. The zero-order chi connectivity index (χ0) is 62.4. The Balaban J connectivity index is 0.698. The van der Waals surface area contributed by atoms with E-state index in [0.29, 0.717) is 50.7 Å².